The highest BCUT2D eigenvalue weighted by atomic mass is 16.5. The minimum absolute atomic E-state index is 0.140. The normalized spacial score (nSPS) is 12.0. The number of hydrogen-bond acceptors (Lipinski definition) is 6. The van der Waals surface area contributed by atoms with Crippen LogP contribution in [0.15, 0.2) is 57.8 Å². The van der Waals surface area contributed by atoms with E-state index < -0.39 is 11.6 Å². The van der Waals surface area contributed by atoms with Gasteiger partial charge in [0.25, 0.3) is 11.5 Å². The third-order valence-electron chi connectivity index (χ3n) is 5.53. The summed E-state index contributed by atoms with van der Waals surface area (Å²) >= 11 is 0. The number of benzene rings is 2. The summed E-state index contributed by atoms with van der Waals surface area (Å²) in [4.78, 5) is 27.9. The zero-order valence-corrected chi connectivity index (χ0v) is 18.6. The fourth-order valence-corrected chi connectivity index (χ4v) is 3.67. The maximum atomic E-state index is 13.2. The zero-order valence-electron chi connectivity index (χ0n) is 18.6. The maximum absolute atomic E-state index is 13.2. The maximum Gasteiger partial charge on any atom is 0.297 e. The molecule has 0 spiro atoms. The Kier molecular flexibility index (Phi) is 5.52. The molecule has 8 nitrogen and oxygen atoms in total. The van der Waals surface area contributed by atoms with Crippen LogP contribution in [0.5, 0.6) is 5.75 Å². The van der Waals surface area contributed by atoms with E-state index in [4.69, 9.17) is 9.26 Å². The van der Waals surface area contributed by atoms with Crippen molar-refractivity contribution in [2.75, 3.05) is 19.1 Å². The molecule has 8 heteroatoms. The van der Waals surface area contributed by atoms with E-state index in [9.17, 15) is 9.59 Å². The number of amides is 1. The van der Waals surface area contributed by atoms with Gasteiger partial charge in [0.15, 0.2) is 5.52 Å². The molecule has 0 radical (unpaired) electrons. The van der Waals surface area contributed by atoms with Gasteiger partial charge >= 0.3 is 0 Å². The van der Waals surface area contributed by atoms with Gasteiger partial charge in [0.05, 0.1) is 12.5 Å². The van der Waals surface area contributed by atoms with E-state index in [1.807, 2.05) is 43.3 Å². The van der Waals surface area contributed by atoms with E-state index in [2.05, 4.69) is 10.3 Å². The van der Waals surface area contributed by atoms with Crippen molar-refractivity contribution in [2.45, 2.75) is 26.8 Å². The molecule has 2 aromatic heterocycles. The van der Waals surface area contributed by atoms with E-state index >= 15 is 0 Å². The first-order valence-corrected chi connectivity index (χ1v) is 10.2. The van der Waals surface area contributed by atoms with E-state index in [0.29, 0.717) is 22.6 Å². The number of anilines is 1. The molecule has 0 aliphatic heterocycles. The minimum atomic E-state index is -0.855. The van der Waals surface area contributed by atoms with Crippen LogP contribution in [0.3, 0.4) is 0 Å². The highest BCUT2D eigenvalue weighted by Gasteiger charge is 2.26. The molecule has 0 saturated heterocycles. The highest BCUT2D eigenvalue weighted by molar-refractivity contribution is 5.96. The summed E-state index contributed by atoms with van der Waals surface area (Å²) in [5.41, 5.74) is 2.70. The van der Waals surface area contributed by atoms with Gasteiger partial charge in [-0.25, -0.2) is 4.68 Å². The van der Waals surface area contributed by atoms with Crippen LogP contribution in [0.25, 0.3) is 22.2 Å². The van der Waals surface area contributed by atoms with Crippen molar-refractivity contribution in [3.05, 3.63) is 70.2 Å². The van der Waals surface area contributed by atoms with Crippen LogP contribution < -0.4 is 15.2 Å². The fourth-order valence-electron chi connectivity index (χ4n) is 3.67. The number of fused-ring (bicyclic) bond motifs is 1. The lowest BCUT2D eigenvalue weighted by molar-refractivity contribution is -0.121. The van der Waals surface area contributed by atoms with Crippen LogP contribution in [0.1, 0.15) is 24.3 Å². The molecule has 0 N–H and O–H groups in total. The molecule has 0 saturated carbocycles. The SMILES string of the molecule is COc1ccc(-c2nn([C@H](C)C(=O)N(C)c3cccc(C)c3)c(=O)c3noc(C)c23)cc1. The number of aryl methyl sites for hydroxylation is 2. The molecular weight excluding hydrogens is 408 g/mol. The Hall–Kier alpha value is -3.94. The van der Waals surface area contributed by atoms with Gasteiger partial charge in [0.1, 0.15) is 23.2 Å². The average Bonchev–Trinajstić information content (AvgIpc) is 3.20. The molecule has 1 amide bonds. The Labute approximate surface area is 185 Å². The third kappa shape index (κ3) is 3.64. The number of likely N-dealkylation sites (N-methyl/N-ethyl adjacent to an activating group) is 1. The molecule has 32 heavy (non-hydrogen) atoms. The number of methoxy groups -OCH3 is 1. The molecule has 0 bridgehead atoms. The molecule has 0 unspecified atom stereocenters. The summed E-state index contributed by atoms with van der Waals surface area (Å²) in [5.74, 6) is 0.910. The van der Waals surface area contributed by atoms with E-state index in [1.165, 1.54) is 9.58 Å². The minimum Gasteiger partial charge on any atom is -0.497 e. The number of ether oxygens (including phenoxy) is 1. The van der Waals surface area contributed by atoms with Crippen LogP contribution in [0.4, 0.5) is 5.69 Å². The second-order valence-electron chi connectivity index (χ2n) is 7.70. The number of hydrogen-bond donors (Lipinski definition) is 0. The summed E-state index contributed by atoms with van der Waals surface area (Å²) < 4.78 is 11.7. The largest absolute Gasteiger partial charge is 0.497 e. The Morgan fingerprint density at radius 3 is 2.53 bits per heavy atom. The predicted octanol–water partition coefficient (Wildman–Crippen LogP) is 3.90. The van der Waals surface area contributed by atoms with Crippen molar-refractivity contribution < 1.29 is 14.1 Å². The third-order valence-corrected chi connectivity index (χ3v) is 5.53. The smallest absolute Gasteiger partial charge is 0.297 e. The van der Waals surface area contributed by atoms with E-state index in [0.717, 1.165) is 16.8 Å². The van der Waals surface area contributed by atoms with Crippen LogP contribution >= 0.6 is 0 Å². The highest BCUT2D eigenvalue weighted by Crippen LogP contribution is 2.29. The van der Waals surface area contributed by atoms with Crippen LogP contribution in [-0.4, -0.2) is 35.0 Å². The molecule has 0 fully saturated rings. The number of rotatable bonds is 5. The molecule has 0 aliphatic rings. The van der Waals surface area contributed by atoms with Crippen molar-refractivity contribution in [1.82, 2.24) is 14.9 Å². The van der Waals surface area contributed by atoms with Gasteiger partial charge < -0.3 is 14.2 Å². The molecule has 4 aromatic rings. The van der Waals surface area contributed by atoms with Crippen molar-refractivity contribution in [2.24, 2.45) is 0 Å². The lowest BCUT2D eigenvalue weighted by atomic mass is 10.1. The first kappa shape index (κ1) is 21.3. The summed E-state index contributed by atoms with van der Waals surface area (Å²) in [5, 5.41) is 9.08. The van der Waals surface area contributed by atoms with Gasteiger partial charge in [0.2, 0.25) is 0 Å². The predicted molar refractivity (Wildman–Crippen MR) is 122 cm³/mol. The number of aromatic nitrogens is 3. The molecule has 4 rings (SSSR count). The molecular formula is C24H24N4O4. The molecule has 0 aliphatic carbocycles. The summed E-state index contributed by atoms with van der Waals surface area (Å²) in [6.07, 6.45) is 0. The molecule has 2 heterocycles. The Morgan fingerprint density at radius 2 is 1.88 bits per heavy atom. The monoisotopic (exact) mass is 432 g/mol. The fraction of sp³-hybridized carbons (Fsp3) is 0.250. The second-order valence-corrected chi connectivity index (χ2v) is 7.70. The summed E-state index contributed by atoms with van der Waals surface area (Å²) in [7, 11) is 3.27. The number of carbonyl (C=O) groups excluding carboxylic acids is 1. The van der Waals surface area contributed by atoms with Gasteiger partial charge in [-0.3, -0.25) is 9.59 Å². The van der Waals surface area contributed by atoms with Gasteiger partial charge in [-0.1, -0.05) is 17.3 Å². The molecule has 164 valence electrons. The summed E-state index contributed by atoms with van der Waals surface area (Å²) in [6.45, 7) is 5.34. The topological polar surface area (TPSA) is 90.5 Å². The van der Waals surface area contributed by atoms with E-state index in [-0.39, 0.29) is 11.4 Å². The number of carbonyl (C=O) groups is 1. The van der Waals surface area contributed by atoms with E-state index in [1.54, 1.807) is 40.1 Å². The van der Waals surface area contributed by atoms with Crippen LogP contribution in [0, 0.1) is 13.8 Å². The summed E-state index contributed by atoms with van der Waals surface area (Å²) in [6, 6.07) is 14.0. The van der Waals surface area contributed by atoms with Gasteiger partial charge in [-0.05, 0) is 62.7 Å². The van der Waals surface area contributed by atoms with Crippen molar-refractivity contribution >= 4 is 22.5 Å². The van der Waals surface area contributed by atoms with Crippen molar-refractivity contribution in [3.63, 3.8) is 0 Å². The zero-order chi connectivity index (χ0) is 23.0. The number of nitrogens with zero attached hydrogens (tertiary/aromatic N) is 4. The molecule has 1 atom stereocenters. The second kappa shape index (κ2) is 8.30. The Bertz CT molecular complexity index is 1350. The van der Waals surface area contributed by atoms with Gasteiger partial charge in [-0.2, -0.15) is 5.10 Å². The van der Waals surface area contributed by atoms with Crippen molar-refractivity contribution in [1.29, 1.82) is 0 Å². The van der Waals surface area contributed by atoms with Gasteiger partial charge in [-0.15, -0.1) is 0 Å². The average molecular weight is 432 g/mol. The Morgan fingerprint density at radius 1 is 1.16 bits per heavy atom. The first-order valence-electron chi connectivity index (χ1n) is 10.2. The standard InChI is InChI=1S/C24H24N4O4/c1-14-7-6-8-18(13-14)27(4)23(29)15(2)28-24(30)22-20(16(3)32-26-22)21(25-28)17-9-11-19(31-5)12-10-17/h6-13,15H,1-5H3/t15-/m1/s1. The van der Waals surface area contributed by atoms with Crippen molar-refractivity contribution in [3.8, 4) is 17.0 Å². The Balaban J connectivity index is 1.82. The quantitative estimate of drug-likeness (QED) is 0.475. The van der Waals surface area contributed by atoms with Gasteiger partial charge in [0, 0.05) is 18.3 Å². The van der Waals surface area contributed by atoms with Crippen LogP contribution in [0.2, 0.25) is 0 Å². The molecule has 2 aromatic carbocycles. The lowest BCUT2D eigenvalue weighted by Gasteiger charge is -2.23. The lowest BCUT2D eigenvalue weighted by Crippen LogP contribution is -2.38. The van der Waals surface area contributed by atoms with Crippen LogP contribution in [-0.2, 0) is 4.79 Å². The first-order chi connectivity index (χ1) is 15.3.